The number of benzene rings is 2. The molecule has 3 rings (SSSR count). The Kier molecular flexibility index (Phi) is 4.26. The molecular weight excluding hydrogens is 256 g/mol. The van der Waals surface area contributed by atoms with Gasteiger partial charge in [-0.2, -0.15) is 0 Å². The fourth-order valence-corrected chi connectivity index (χ4v) is 2.59. The lowest BCUT2D eigenvalue weighted by molar-refractivity contribution is 0.688. The van der Waals surface area contributed by atoms with Gasteiger partial charge in [0.05, 0.1) is 0 Å². The molecule has 0 saturated heterocycles. The van der Waals surface area contributed by atoms with Crippen molar-refractivity contribution >= 4 is 5.69 Å². The summed E-state index contributed by atoms with van der Waals surface area (Å²) in [6.07, 6.45) is 2.69. The van der Waals surface area contributed by atoms with E-state index in [4.69, 9.17) is 0 Å². The molecule has 21 heavy (non-hydrogen) atoms. The Morgan fingerprint density at radius 3 is 2.48 bits per heavy atom. The molecule has 0 heterocycles. The Labute approximate surface area is 127 Å². The maximum Gasteiger partial charge on any atom is 0.0426 e. The molecule has 0 aromatic heterocycles. The third-order valence-electron chi connectivity index (χ3n) is 4.05. The molecule has 0 amide bonds. The zero-order valence-electron chi connectivity index (χ0n) is 13.0. The van der Waals surface area contributed by atoms with Gasteiger partial charge in [0, 0.05) is 31.9 Å². The van der Waals surface area contributed by atoms with Gasteiger partial charge in [-0.3, -0.25) is 0 Å². The number of nitrogens with zero attached hydrogens (tertiary/aromatic N) is 1. The van der Waals surface area contributed by atoms with Crippen LogP contribution < -0.4 is 10.2 Å². The summed E-state index contributed by atoms with van der Waals surface area (Å²) in [5.41, 5.74) is 5.32. The average molecular weight is 280 g/mol. The van der Waals surface area contributed by atoms with Crippen molar-refractivity contribution in [2.75, 3.05) is 11.9 Å². The molecule has 0 aliphatic heterocycles. The Bertz CT molecular complexity index is 585. The molecule has 1 N–H and O–H groups in total. The first-order valence-electron chi connectivity index (χ1n) is 7.80. The summed E-state index contributed by atoms with van der Waals surface area (Å²) >= 11 is 0. The lowest BCUT2D eigenvalue weighted by Gasteiger charge is -2.20. The van der Waals surface area contributed by atoms with Crippen molar-refractivity contribution < 1.29 is 0 Å². The van der Waals surface area contributed by atoms with Crippen LogP contribution in [0.4, 0.5) is 5.69 Å². The molecule has 0 unspecified atom stereocenters. The van der Waals surface area contributed by atoms with E-state index in [1.54, 1.807) is 0 Å². The summed E-state index contributed by atoms with van der Waals surface area (Å²) < 4.78 is 0. The molecule has 0 radical (unpaired) electrons. The maximum atomic E-state index is 3.55. The van der Waals surface area contributed by atoms with Crippen LogP contribution in [0.15, 0.2) is 48.5 Å². The maximum absolute atomic E-state index is 3.55. The SMILES string of the molecule is Cc1cccc(CN(C)c2ccc(CNC3CC3)cc2)c1. The van der Waals surface area contributed by atoms with Crippen molar-refractivity contribution in [2.24, 2.45) is 0 Å². The molecule has 1 aliphatic rings. The first kappa shape index (κ1) is 14.2. The highest BCUT2D eigenvalue weighted by atomic mass is 15.1. The van der Waals surface area contributed by atoms with Gasteiger partial charge in [0.2, 0.25) is 0 Å². The number of hydrogen-bond acceptors (Lipinski definition) is 2. The van der Waals surface area contributed by atoms with Crippen LogP contribution in [0.2, 0.25) is 0 Å². The van der Waals surface area contributed by atoms with E-state index < -0.39 is 0 Å². The van der Waals surface area contributed by atoms with Crippen molar-refractivity contribution in [3.63, 3.8) is 0 Å². The highest BCUT2D eigenvalue weighted by Gasteiger charge is 2.19. The van der Waals surface area contributed by atoms with Crippen LogP contribution in [0.3, 0.4) is 0 Å². The molecule has 0 atom stereocenters. The lowest BCUT2D eigenvalue weighted by Crippen LogP contribution is -2.17. The van der Waals surface area contributed by atoms with Crippen LogP contribution in [-0.4, -0.2) is 13.1 Å². The van der Waals surface area contributed by atoms with Gasteiger partial charge in [-0.1, -0.05) is 42.0 Å². The fraction of sp³-hybridized carbons (Fsp3) is 0.368. The smallest absolute Gasteiger partial charge is 0.0426 e. The van der Waals surface area contributed by atoms with Crippen LogP contribution in [0.25, 0.3) is 0 Å². The Morgan fingerprint density at radius 2 is 1.81 bits per heavy atom. The van der Waals surface area contributed by atoms with Gasteiger partial charge in [0.15, 0.2) is 0 Å². The zero-order valence-corrected chi connectivity index (χ0v) is 13.0. The summed E-state index contributed by atoms with van der Waals surface area (Å²) in [5.74, 6) is 0. The molecule has 2 nitrogen and oxygen atoms in total. The Morgan fingerprint density at radius 1 is 1.05 bits per heavy atom. The van der Waals surface area contributed by atoms with Gasteiger partial charge >= 0.3 is 0 Å². The van der Waals surface area contributed by atoms with Crippen molar-refractivity contribution in [2.45, 2.75) is 38.9 Å². The number of nitrogens with one attached hydrogen (secondary N) is 1. The topological polar surface area (TPSA) is 15.3 Å². The highest BCUT2D eigenvalue weighted by Crippen LogP contribution is 2.20. The molecular formula is C19H24N2. The third kappa shape index (κ3) is 4.08. The number of rotatable bonds is 6. The first-order valence-corrected chi connectivity index (χ1v) is 7.80. The number of anilines is 1. The predicted octanol–water partition coefficient (Wildman–Crippen LogP) is 3.88. The summed E-state index contributed by atoms with van der Waals surface area (Å²) in [6.45, 7) is 4.08. The molecule has 2 heteroatoms. The van der Waals surface area contributed by atoms with E-state index in [0.717, 1.165) is 19.1 Å². The molecule has 2 aromatic rings. The number of hydrogen-bond donors (Lipinski definition) is 1. The summed E-state index contributed by atoms with van der Waals surface area (Å²) in [7, 11) is 2.15. The van der Waals surface area contributed by atoms with E-state index in [-0.39, 0.29) is 0 Å². The largest absolute Gasteiger partial charge is 0.370 e. The van der Waals surface area contributed by atoms with E-state index in [2.05, 4.69) is 72.7 Å². The monoisotopic (exact) mass is 280 g/mol. The molecule has 2 aromatic carbocycles. The predicted molar refractivity (Wildman–Crippen MR) is 89.6 cm³/mol. The normalized spacial score (nSPS) is 14.2. The third-order valence-corrected chi connectivity index (χ3v) is 4.05. The molecule has 1 saturated carbocycles. The fourth-order valence-electron chi connectivity index (χ4n) is 2.59. The van der Waals surface area contributed by atoms with Crippen LogP contribution in [-0.2, 0) is 13.1 Å². The number of aryl methyl sites for hydroxylation is 1. The second-order valence-corrected chi connectivity index (χ2v) is 6.17. The van der Waals surface area contributed by atoms with E-state index >= 15 is 0 Å². The van der Waals surface area contributed by atoms with Gasteiger partial charge in [0.25, 0.3) is 0 Å². The van der Waals surface area contributed by atoms with Crippen molar-refractivity contribution in [3.05, 3.63) is 65.2 Å². The van der Waals surface area contributed by atoms with Gasteiger partial charge in [-0.05, 0) is 43.0 Å². The van der Waals surface area contributed by atoms with Gasteiger partial charge in [-0.15, -0.1) is 0 Å². The van der Waals surface area contributed by atoms with Gasteiger partial charge < -0.3 is 10.2 Å². The summed E-state index contributed by atoms with van der Waals surface area (Å²) in [6, 6.07) is 18.4. The minimum absolute atomic E-state index is 0.772. The standard InChI is InChI=1S/C19H24N2/c1-15-4-3-5-17(12-15)14-21(2)19-10-6-16(7-11-19)13-20-18-8-9-18/h3-7,10-12,18,20H,8-9,13-14H2,1-2H3. The highest BCUT2D eigenvalue weighted by molar-refractivity contribution is 5.47. The average Bonchev–Trinajstić information content (AvgIpc) is 3.30. The van der Waals surface area contributed by atoms with E-state index in [1.807, 2.05) is 0 Å². The van der Waals surface area contributed by atoms with E-state index in [9.17, 15) is 0 Å². The Balaban J connectivity index is 1.59. The van der Waals surface area contributed by atoms with E-state index in [0.29, 0.717) is 0 Å². The Hall–Kier alpha value is -1.80. The zero-order chi connectivity index (χ0) is 14.7. The second kappa shape index (κ2) is 6.31. The molecule has 0 bridgehead atoms. The van der Waals surface area contributed by atoms with Crippen LogP contribution in [0.5, 0.6) is 0 Å². The van der Waals surface area contributed by atoms with Gasteiger partial charge in [-0.25, -0.2) is 0 Å². The van der Waals surface area contributed by atoms with Gasteiger partial charge in [0.1, 0.15) is 0 Å². The van der Waals surface area contributed by atoms with E-state index in [1.165, 1.54) is 35.2 Å². The quantitative estimate of drug-likeness (QED) is 0.863. The van der Waals surface area contributed by atoms with Crippen molar-refractivity contribution in [1.29, 1.82) is 0 Å². The molecule has 1 aliphatic carbocycles. The summed E-state index contributed by atoms with van der Waals surface area (Å²) in [5, 5.41) is 3.55. The second-order valence-electron chi connectivity index (χ2n) is 6.17. The molecule has 1 fully saturated rings. The lowest BCUT2D eigenvalue weighted by atomic mass is 10.1. The van der Waals surface area contributed by atoms with Crippen LogP contribution in [0.1, 0.15) is 29.5 Å². The molecule has 110 valence electrons. The van der Waals surface area contributed by atoms with Crippen LogP contribution in [0, 0.1) is 6.92 Å². The summed E-state index contributed by atoms with van der Waals surface area (Å²) in [4.78, 5) is 2.30. The van der Waals surface area contributed by atoms with Crippen molar-refractivity contribution in [3.8, 4) is 0 Å². The van der Waals surface area contributed by atoms with Crippen molar-refractivity contribution in [1.82, 2.24) is 5.32 Å². The van der Waals surface area contributed by atoms with Crippen LogP contribution >= 0.6 is 0 Å². The minimum atomic E-state index is 0.772. The minimum Gasteiger partial charge on any atom is -0.370 e. The molecule has 0 spiro atoms. The first-order chi connectivity index (χ1) is 10.2.